The smallest absolute Gasteiger partial charge is 0.196 e. The van der Waals surface area contributed by atoms with Crippen LogP contribution in [0.25, 0.3) is 11.0 Å². The monoisotopic (exact) mass is 425 g/mol. The predicted molar refractivity (Wildman–Crippen MR) is 117 cm³/mol. The highest BCUT2D eigenvalue weighted by atomic mass is 16.5. The maximum Gasteiger partial charge on any atom is 0.196 e. The summed E-state index contributed by atoms with van der Waals surface area (Å²) in [6, 6.07) is 10.3. The summed E-state index contributed by atoms with van der Waals surface area (Å²) in [6.07, 6.45) is -0.0428. The molecule has 31 heavy (non-hydrogen) atoms. The van der Waals surface area contributed by atoms with Gasteiger partial charge < -0.3 is 30.2 Å². The van der Waals surface area contributed by atoms with Crippen LogP contribution in [0.3, 0.4) is 0 Å². The van der Waals surface area contributed by atoms with Gasteiger partial charge in [0.15, 0.2) is 5.43 Å². The van der Waals surface area contributed by atoms with Gasteiger partial charge in [-0.2, -0.15) is 0 Å². The summed E-state index contributed by atoms with van der Waals surface area (Å²) in [5.74, 6) is 0.251. The lowest BCUT2D eigenvalue weighted by Crippen LogP contribution is -2.49. The molecule has 0 aliphatic carbocycles. The number of aliphatic hydroxyl groups excluding tert-OH is 2. The number of fused-ring (bicyclic) bond motifs is 2. The van der Waals surface area contributed by atoms with Crippen molar-refractivity contribution in [3.05, 3.63) is 63.5 Å². The van der Waals surface area contributed by atoms with Crippen molar-refractivity contribution in [2.24, 2.45) is 0 Å². The lowest BCUT2D eigenvalue weighted by Gasteiger charge is -2.40. The fourth-order valence-corrected chi connectivity index (χ4v) is 4.02. The summed E-state index contributed by atoms with van der Waals surface area (Å²) >= 11 is 0. The topological polar surface area (TPSA) is 126 Å². The largest absolute Gasteiger partial charge is 0.507 e. The molecule has 0 radical (unpaired) electrons. The molecule has 2 aromatic carbocycles. The zero-order valence-corrected chi connectivity index (χ0v) is 17.6. The van der Waals surface area contributed by atoms with E-state index in [-0.39, 0.29) is 28.9 Å². The van der Waals surface area contributed by atoms with Crippen molar-refractivity contribution in [1.82, 2.24) is 0 Å². The third kappa shape index (κ3) is 3.86. The normalized spacial score (nSPS) is 21.5. The van der Waals surface area contributed by atoms with Crippen LogP contribution >= 0.6 is 0 Å². The predicted octanol–water partition coefficient (Wildman–Crippen LogP) is 3.21. The Morgan fingerprint density at radius 1 is 1.26 bits per heavy atom. The molecule has 0 fully saturated rings. The van der Waals surface area contributed by atoms with Crippen LogP contribution in [-0.2, 0) is 12.8 Å². The number of nitrogens with two attached hydrogens (primary N) is 1. The number of hydrogen-bond acceptors (Lipinski definition) is 7. The molecule has 5 N–H and O–H groups in total. The van der Waals surface area contributed by atoms with Gasteiger partial charge in [0.05, 0.1) is 6.10 Å². The molecule has 7 heteroatoms. The highest BCUT2D eigenvalue weighted by Crippen LogP contribution is 2.43. The van der Waals surface area contributed by atoms with Crippen molar-refractivity contribution in [2.75, 3.05) is 5.73 Å². The molecular formula is C24H27NO6. The van der Waals surface area contributed by atoms with Crippen LogP contribution < -0.4 is 15.9 Å². The second-order valence-corrected chi connectivity index (χ2v) is 8.39. The van der Waals surface area contributed by atoms with Crippen molar-refractivity contribution >= 4 is 16.7 Å². The van der Waals surface area contributed by atoms with Crippen LogP contribution in [-0.4, -0.2) is 27.0 Å². The molecule has 7 nitrogen and oxygen atoms in total. The summed E-state index contributed by atoms with van der Waals surface area (Å²) in [6.45, 7) is 3.60. The Bertz CT molecular complexity index is 1170. The van der Waals surface area contributed by atoms with Gasteiger partial charge in [-0.15, -0.1) is 0 Å². The van der Waals surface area contributed by atoms with E-state index < -0.39 is 23.2 Å². The minimum Gasteiger partial charge on any atom is -0.507 e. The van der Waals surface area contributed by atoms with E-state index in [9.17, 15) is 20.1 Å². The summed E-state index contributed by atoms with van der Waals surface area (Å²) in [5, 5.41) is 31.7. The molecule has 0 saturated carbocycles. The SMILES string of the molecule is CC[C@@H](O)c1cc(=O)c2c(O)c3c(cc2o1)O[C@@](C)(CCc1ccc(N)cc1)[C@H](O)C3. The van der Waals surface area contributed by atoms with Crippen LogP contribution in [0.5, 0.6) is 11.5 Å². The van der Waals surface area contributed by atoms with E-state index in [1.807, 2.05) is 31.2 Å². The van der Waals surface area contributed by atoms with Gasteiger partial charge in [0.2, 0.25) is 0 Å². The number of ether oxygens (including phenoxy) is 1. The summed E-state index contributed by atoms with van der Waals surface area (Å²) in [4.78, 5) is 12.6. The van der Waals surface area contributed by atoms with Gasteiger partial charge in [0.1, 0.15) is 39.9 Å². The Balaban J connectivity index is 1.69. The van der Waals surface area contributed by atoms with Crippen LogP contribution in [0.1, 0.15) is 49.7 Å². The number of phenolic OH excluding ortho intramolecular Hbond substituents is 1. The molecule has 164 valence electrons. The molecule has 0 amide bonds. The highest BCUT2D eigenvalue weighted by Gasteiger charge is 2.41. The van der Waals surface area contributed by atoms with E-state index in [0.717, 1.165) is 5.56 Å². The van der Waals surface area contributed by atoms with Crippen molar-refractivity contribution in [3.63, 3.8) is 0 Å². The van der Waals surface area contributed by atoms with Gasteiger partial charge in [0, 0.05) is 29.8 Å². The fraction of sp³-hybridized carbons (Fsp3) is 0.375. The molecular weight excluding hydrogens is 398 g/mol. The Labute approximate surface area is 179 Å². The molecule has 3 atom stereocenters. The van der Waals surface area contributed by atoms with Crippen molar-refractivity contribution in [3.8, 4) is 11.5 Å². The van der Waals surface area contributed by atoms with Crippen molar-refractivity contribution < 1.29 is 24.5 Å². The Morgan fingerprint density at radius 3 is 2.65 bits per heavy atom. The van der Waals surface area contributed by atoms with Crippen LogP contribution in [0.4, 0.5) is 5.69 Å². The summed E-state index contributed by atoms with van der Waals surface area (Å²) < 4.78 is 11.9. The number of nitrogen functional groups attached to an aromatic ring is 1. The first-order valence-electron chi connectivity index (χ1n) is 10.4. The average Bonchev–Trinajstić information content (AvgIpc) is 2.74. The van der Waals surface area contributed by atoms with Crippen LogP contribution in [0.15, 0.2) is 45.6 Å². The summed E-state index contributed by atoms with van der Waals surface area (Å²) in [5.41, 5.74) is 6.68. The second kappa shape index (κ2) is 7.90. The van der Waals surface area contributed by atoms with E-state index in [1.54, 1.807) is 13.0 Å². The molecule has 3 aromatic rings. The number of anilines is 1. The molecule has 0 spiro atoms. The second-order valence-electron chi connectivity index (χ2n) is 8.39. The molecule has 4 rings (SSSR count). The quantitative estimate of drug-likeness (QED) is 0.462. The third-order valence-corrected chi connectivity index (χ3v) is 6.13. The Morgan fingerprint density at radius 2 is 1.97 bits per heavy atom. The van der Waals surface area contributed by atoms with E-state index >= 15 is 0 Å². The van der Waals surface area contributed by atoms with E-state index in [2.05, 4.69) is 0 Å². The van der Waals surface area contributed by atoms with Crippen LogP contribution in [0, 0.1) is 0 Å². The maximum atomic E-state index is 12.6. The minimum atomic E-state index is -0.914. The first-order chi connectivity index (χ1) is 14.7. The lowest BCUT2D eigenvalue weighted by molar-refractivity contribution is -0.0595. The average molecular weight is 425 g/mol. The lowest BCUT2D eigenvalue weighted by atomic mass is 9.84. The zero-order valence-electron chi connectivity index (χ0n) is 17.6. The Kier molecular flexibility index (Phi) is 5.41. The van der Waals surface area contributed by atoms with Crippen molar-refractivity contribution in [1.29, 1.82) is 0 Å². The van der Waals surface area contributed by atoms with Gasteiger partial charge in [-0.1, -0.05) is 19.1 Å². The molecule has 0 saturated heterocycles. The number of rotatable bonds is 5. The number of aryl methyl sites for hydroxylation is 1. The number of phenols is 1. The molecule has 1 aromatic heterocycles. The molecule has 0 unspecified atom stereocenters. The third-order valence-electron chi connectivity index (χ3n) is 6.13. The first kappa shape index (κ1) is 21.2. The summed E-state index contributed by atoms with van der Waals surface area (Å²) in [7, 11) is 0. The van der Waals surface area contributed by atoms with Gasteiger partial charge in [-0.05, 0) is 43.9 Å². The number of aromatic hydroxyl groups is 1. The zero-order chi connectivity index (χ0) is 22.3. The van der Waals surface area contributed by atoms with Gasteiger partial charge in [-0.25, -0.2) is 0 Å². The maximum absolute atomic E-state index is 12.6. The Hall–Kier alpha value is -3.03. The number of benzene rings is 2. The fourth-order valence-electron chi connectivity index (χ4n) is 4.02. The number of hydrogen-bond donors (Lipinski definition) is 4. The minimum absolute atomic E-state index is 0.0204. The van der Waals surface area contributed by atoms with Gasteiger partial charge in [0.25, 0.3) is 0 Å². The van der Waals surface area contributed by atoms with E-state index in [1.165, 1.54) is 6.07 Å². The highest BCUT2D eigenvalue weighted by molar-refractivity contribution is 5.87. The molecule has 2 heterocycles. The van der Waals surface area contributed by atoms with Gasteiger partial charge >= 0.3 is 0 Å². The number of aliphatic hydroxyl groups is 2. The van der Waals surface area contributed by atoms with Gasteiger partial charge in [-0.3, -0.25) is 4.79 Å². The molecule has 1 aliphatic rings. The van der Waals surface area contributed by atoms with E-state index in [4.69, 9.17) is 14.9 Å². The standard InChI is InChI=1S/C24H27NO6/c1-3-16(26)19-11-17(27)22-20(30-19)12-18-15(23(22)29)10-21(28)24(2,31-18)9-8-13-4-6-14(25)7-5-13/h4-7,11-12,16,21,26,28-29H,3,8-10,25H2,1-2H3/t16-,21-,24+/m1/s1. The first-order valence-corrected chi connectivity index (χ1v) is 10.4. The molecule has 1 aliphatic heterocycles. The van der Waals surface area contributed by atoms with Crippen molar-refractivity contribution in [2.45, 2.75) is 57.3 Å². The molecule has 0 bridgehead atoms. The van der Waals surface area contributed by atoms with E-state index in [0.29, 0.717) is 36.3 Å². The van der Waals surface area contributed by atoms with Crippen LogP contribution in [0.2, 0.25) is 0 Å².